The first-order chi connectivity index (χ1) is 6.65. The lowest BCUT2D eigenvalue weighted by Gasteiger charge is -2.12. The Morgan fingerprint density at radius 2 is 2.21 bits per heavy atom. The van der Waals surface area contributed by atoms with Gasteiger partial charge in [-0.2, -0.15) is 0 Å². The molecule has 0 aliphatic carbocycles. The smallest absolute Gasteiger partial charge is 0.123 e. The fraction of sp³-hybridized carbons (Fsp3) is 0.300. The zero-order valence-electron chi connectivity index (χ0n) is 7.80. The molecule has 0 N–H and O–H groups in total. The molecule has 14 heavy (non-hydrogen) atoms. The van der Waals surface area contributed by atoms with Gasteiger partial charge in [-0.1, -0.05) is 11.6 Å². The van der Waals surface area contributed by atoms with Crippen molar-refractivity contribution in [2.24, 2.45) is 4.99 Å². The summed E-state index contributed by atoms with van der Waals surface area (Å²) in [5.41, 5.74) is 1.64. The quantitative estimate of drug-likeness (QED) is 0.645. The Morgan fingerprint density at radius 1 is 1.43 bits per heavy atom. The molecule has 0 saturated heterocycles. The molecule has 0 unspecified atom stereocenters. The molecule has 1 aromatic carbocycles. The van der Waals surface area contributed by atoms with Gasteiger partial charge in [0, 0.05) is 6.54 Å². The van der Waals surface area contributed by atoms with E-state index in [1.54, 1.807) is 6.07 Å². The molecule has 1 heterocycles. The van der Waals surface area contributed by atoms with Crippen LogP contribution in [0.4, 0.5) is 10.1 Å². The van der Waals surface area contributed by atoms with E-state index >= 15 is 0 Å². The van der Waals surface area contributed by atoms with Gasteiger partial charge in [0.2, 0.25) is 0 Å². The highest BCUT2D eigenvalue weighted by Crippen LogP contribution is 2.24. The second kappa shape index (κ2) is 3.67. The monoisotopic (exact) mass is 212 g/mol. The Bertz CT molecular complexity index is 390. The number of hydrogen-bond donors (Lipinski definition) is 0. The summed E-state index contributed by atoms with van der Waals surface area (Å²) < 4.78 is 13.0. The maximum atomic E-state index is 13.0. The zero-order valence-corrected chi connectivity index (χ0v) is 8.55. The summed E-state index contributed by atoms with van der Waals surface area (Å²) in [6.07, 6.45) is 0. The van der Waals surface area contributed by atoms with Gasteiger partial charge in [0.1, 0.15) is 11.0 Å². The summed E-state index contributed by atoms with van der Waals surface area (Å²) in [6, 6.07) is 4.56. The highest BCUT2D eigenvalue weighted by atomic mass is 35.5. The van der Waals surface area contributed by atoms with Gasteiger partial charge in [0.15, 0.2) is 0 Å². The Kier molecular flexibility index (Phi) is 2.52. The van der Waals surface area contributed by atoms with Crippen molar-refractivity contribution in [2.75, 3.05) is 13.6 Å². The average Bonchev–Trinajstić information content (AvgIpc) is 2.21. The van der Waals surface area contributed by atoms with Gasteiger partial charge in [0.25, 0.3) is 0 Å². The molecule has 0 spiro atoms. The summed E-state index contributed by atoms with van der Waals surface area (Å²) in [5, 5.41) is 0.540. The van der Waals surface area contributed by atoms with Crippen LogP contribution in [0.3, 0.4) is 0 Å². The maximum Gasteiger partial charge on any atom is 0.123 e. The third kappa shape index (κ3) is 1.94. The van der Waals surface area contributed by atoms with Gasteiger partial charge in [-0.05, 0) is 30.8 Å². The van der Waals surface area contributed by atoms with Crippen molar-refractivity contribution in [3.8, 4) is 0 Å². The Hall–Kier alpha value is -0.930. The number of rotatable bonds is 0. The Balaban J connectivity index is 2.48. The fourth-order valence-corrected chi connectivity index (χ4v) is 1.82. The standard InChI is InChI=1S/C10H10ClFN2/c1-14-5-7-4-8(12)2-3-9(7)13-10(11)6-14/h2-4H,5-6H2,1H3. The molecular formula is C10H10ClFN2. The third-order valence-corrected chi connectivity index (χ3v) is 2.33. The Morgan fingerprint density at radius 3 is 3.00 bits per heavy atom. The molecule has 0 amide bonds. The van der Waals surface area contributed by atoms with Crippen molar-refractivity contribution >= 4 is 22.5 Å². The lowest BCUT2D eigenvalue weighted by atomic mass is 10.1. The molecule has 0 aromatic heterocycles. The van der Waals surface area contributed by atoms with Crippen LogP contribution in [0.25, 0.3) is 0 Å². The molecule has 0 radical (unpaired) electrons. The predicted molar refractivity (Wildman–Crippen MR) is 55.7 cm³/mol. The molecule has 2 rings (SSSR count). The number of fused-ring (bicyclic) bond motifs is 1. The summed E-state index contributed by atoms with van der Waals surface area (Å²) >= 11 is 5.90. The minimum Gasteiger partial charge on any atom is -0.295 e. The molecule has 4 heteroatoms. The largest absolute Gasteiger partial charge is 0.295 e. The molecule has 0 fully saturated rings. The van der Waals surface area contributed by atoms with Crippen molar-refractivity contribution < 1.29 is 4.39 Å². The van der Waals surface area contributed by atoms with Gasteiger partial charge in [-0.15, -0.1) is 0 Å². The van der Waals surface area contributed by atoms with Crippen molar-refractivity contribution in [1.82, 2.24) is 4.90 Å². The van der Waals surface area contributed by atoms with Gasteiger partial charge >= 0.3 is 0 Å². The zero-order chi connectivity index (χ0) is 10.1. The minimum atomic E-state index is -0.231. The first-order valence-electron chi connectivity index (χ1n) is 4.35. The lowest BCUT2D eigenvalue weighted by Crippen LogP contribution is -2.21. The highest BCUT2D eigenvalue weighted by Gasteiger charge is 2.12. The van der Waals surface area contributed by atoms with Gasteiger partial charge in [0.05, 0.1) is 12.2 Å². The summed E-state index contributed by atoms with van der Waals surface area (Å²) in [7, 11) is 1.93. The molecule has 74 valence electrons. The van der Waals surface area contributed by atoms with Crippen LogP contribution < -0.4 is 0 Å². The molecule has 0 atom stereocenters. The predicted octanol–water partition coefficient (Wildman–Crippen LogP) is 2.54. The van der Waals surface area contributed by atoms with Gasteiger partial charge in [-0.25, -0.2) is 9.38 Å². The van der Waals surface area contributed by atoms with E-state index in [1.165, 1.54) is 12.1 Å². The lowest BCUT2D eigenvalue weighted by molar-refractivity contribution is 0.378. The van der Waals surface area contributed by atoms with Crippen molar-refractivity contribution in [3.05, 3.63) is 29.6 Å². The molecule has 1 aromatic rings. The molecule has 2 nitrogen and oxygen atoms in total. The topological polar surface area (TPSA) is 15.6 Å². The van der Waals surface area contributed by atoms with E-state index in [2.05, 4.69) is 4.99 Å². The Labute approximate surface area is 87.0 Å². The van der Waals surface area contributed by atoms with Crippen LogP contribution in [0, 0.1) is 5.82 Å². The molecule has 1 aliphatic rings. The third-order valence-electron chi connectivity index (χ3n) is 2.12. The first kappa shape index (κ1) is 9.62. The fourth-order valence-electron chi connectivity index (χ4n) is 1.53. The number of benzene rings is 1. The van der Waals surface area contributed by atoms with Crippen LogP contribution in [-0.2, 0) is 6.54 Å². The molecule has 1 aliphatic heterocycles. The van der Waals surface area contributed by atoms with Crippen molar-refractivity contribution in [3.63, 3.8) is 0 Å². The van der Waals surface area contributed by atoms with Gasteiger partial charge < -0.3 is 0 Å². The van der Waals surface area contributed by atoms with Crippen LogP contribution in [-0.4, -0.2) is 23.7 Å². The number of halogens is 2. The van der Waals surface area contributed by atoms with Crippen LogP contribution in [0.2, 0.25) is 0 Å². The van der Waals surface area contributed by atoms with E-state index < -0.39 is 0 Å². The van der Waals surface area contributed by atoms with Crippen LogP contribution in [0.5, 0.6) is 0 Å². The van der Waals surface area contributed by atoms with E-state index in [0.29, 0.717) is 18.3 Å². The van der Waals surface area contributed by atoms with Crippen LogP contribution in [0.1, 0.15) is 5.56 Å². The summed E-state index contributed by atoms with van der Waals surface area (Å²) in [5.74, 6) is -0.231. The van der Waals surface area contributed by atoms with E-state index in [9.17, 15) is 4.39 Å². The van der Waals surface area contributed by atoms with Gasteiger partial charge in [-0.3, -0.25) is 4.90 Å². The summed E-state index contributed by atoms with van der Waals surface area (Å²) in [4.78, 5) is 6.20. The SMILES string of the molecule is CN1CC(Cl)=Nc2ccc(F)cc2C1. The average molecular weight is 213 g/mol. The molecule has 0 bridgehead atoms. The second-order valence-electron chi connectivity index (χ2n) is 3.43. The van der Waals surface area contributed by atoms with Crippen molar-refractivity contribution in [1.29, 1.82) is 0 Å². The second-order valence-corrected chi connectivity index (χ2v) is 3.87. The molecular weight excluding hydrogens is 203 g/mol. The van der Waals surface area contributed by atoms with E-state index in [4.69, 9.17) is 11.6 Å². The van der Waals surface area contributed by atoms with Crippen LogP contribution >= 0.6 is 11.6 Å². The van der Waals surface area contributed by atoms with E-state index in [-0.39, 0.29) is 5.82 Å². The van der Waals surface area contributed by atoms with Crippen molar-refractivity contribution in [2.45, 2.75) is 6.54 Å². The van der Waals surface area contributed by atoms with E-state index in [0.717, 1.165) is 11.3 Å². The first-order valence-corrected chi connectivity index (χ1v) is 4.73. The molecule has 0 saturated carbocycles. The summed E-state index contributed by atoms with van der Waals surface area (Å²) in [6.45, 7) is 1.28. The van der Waals surface area contributed by atoms with Crippen LogP contribution in [0.15, 0.2) is 23.2 Å². The number of hydrogen-bond acceptors (Lipinski definition) is 2. The van der Waals surface area contributed by atoms with E-state index in [1.807, 2.05) is 11.9 Å². The maximum absolute atomic E-state index is 13.0. The minimum absolute atomic E-state index is 0.231. The normalized spacial score (nSPS) is 17.2. The number of nitrogens with zero attached hydrogens (tertiary/aromatic N) is 2. The highest BCUT2D eigenvalue weighted by molar-refractivity contribution is 6.66. The number of aliphatic imine (C=N–C) groups is 1.